The van der Waals surface area contributed by atoms with Gasteiger partial charge < -0.3 is 15.2 Å². The van der Waals surface area contributed by atoms with Crippen molar-refractivity contribution in [2.45, 2.75) is 0 Å². The zero-order valence-electron chi connectivity index (χ0n) is 16.0. The fourth-order valence-corrected chi connectivity index (χ4v) is 3.37. The molecule has 156 valence electrons. The molecule has 1 aromatic heterocycles. The van der Waals surface area contributed by atoms with Crippen molar-refractivity contribution in [2.24, 2.45) is 0 Å². The maximum absolute atomic E-state index is 13.7. The van der Waals surface area contributed by atoms with Crippen molar-refractivity contribution >= 4 is 45.5 Å². The smallest absolute Gasteiger partial charge is 0.322 e. The number of carbonyl (C=O) groups excluding carboxylic acids is 3. The van der Waals surface area contributed by atoms with E-state index in [2.05, 4.69) is 26.6 Å². The molecule has 0 radical (unpaired) electrons. The first-order chi connectivity index (χ1) is 14.9. The molecule has 1 fully saturated rings. The Balaban J connectivity index is 1.51. The third-order valence-corrected chi connectivity index (χ3v) is 5.12. The van der Waals surface area contributed by atoms with Gasteiger partial charge in [-0.2, -0.15) is 0 Å². The number of amides is 4. The van der Waals surface area contributed by atoms with Gasteiger partial charge in [0.1, 0.15) is 18.1 Å². The van der Waals surface area contributed by atoms with Gasteiger partial charge in [0.15, 0.2) is 0 Å². The minimum atomic E-state index is -0.721. The summed E-state index contributed by atoms with van der Waals surface area (Å²) in [5, 5.41) is 4.84. The van der Waals surface area contributed by atoms with Crippen LogP contribution in [0.2, 0.25) is 0 Å². The average molecular weight is 483 g/mol. The molecule has 0 bridgehead atoms. The fraction of sp³-hybridized carbons (Fsp3) is 0.0455. The molecule has 0 saturated carbocycles. The zero-order valence-corrected chi connectivity index (χ0v) is 17.6. The van der Waals surface area contributed by atoms with Crippen LogP contribution in [0.3, 0.4) is 0 Å². The highest BCUT2D eigenvalue weighted by atomic mass is 79.9. The minimum Gasteiger partial charge on any atom is -0.322 e. The number of halogens is 2. The predicted molar refractivity (Wildman–Crippen MR) is 117 cm³/mol. The number of hydrogen-bond acceptors (Lipinski definition) is 3. The van der Waals surface area contributed by atoms with E-state index in [1.165, 1.54) is 24.3 Å². The number of aromatic nitrogens is 1. The van der Waals surface area contributed by atoms with Gasteiger partial charge in [-0.15, -0.1) is 0 Å². The molecule has 0 aliphatic carbocycles. The molecule has 2 aromatic carbocycles. The number of hydrogen-bond donors (Lipinski definition) is 2. The second kappa shape index (κ2) is 8.57. The van der Waals surface area contributed by atoms with Crippen LogP contribution >= 0.6 is 15.9 Å². The summed E-state index contributed by atoms with van der Waals surface area (Å²) >= 11 is 3.39. The van der Waals surface area contributed by atoms with Gasteiger partial charge in [0.2, 0.25) is 5.91 Å². The normalized spacial score (nSPS) is 14.8. The lowest BCUT2D eigenvalue weighted by Gasteiger charge is -2.12. The summed E-state index contributed by atoms with van der Waals surface area (Å²) in [5.41, 5.74) is 1.56. The number of imide groups is 1. The third kappa shape index (κ3) is 4.41. The molecule has 2 heterocycles. The summed E-state index contributed by atoms with van der Waals surface area (Å²) in [6, 6.07) is 16.1. The second-order valence-electron chi connectivity index (χ2n) is 6.69. The van der Waals surface area contributed by atoms with E-state index in [4.69, 9.17) is 0 Å². The van der Waals surface area contributed by atoms with E-state index in [9.17, 15) is 18.8 Å². The van der Waals surface area contributed by atoms with E-state index < -0.39 is 30.2 Å². The zero-order chi connectivity index (χ0) is 22.0. The Hall–Kier alpha value is -3.72. The Labute approximate surface area is 185 Å². The Bertz CT molecular complexity index is 1200. The molecule has 0 atom stereocenters. The van der Waals surface area contributed by atoms with Crippen LogP contribution in [0, 0.1) is 5.82 Å². The summed E-state index contributed by atoms with van der Waals surface area (Å²) in [6.07, 6.45) is 3.37. The number of benzene rings is 2. The topological polar surface area (TPSA) is 83.4 Å². The number of rotatable bonds is 5. The van der Waals surface area contributed by atoms with Crippen molar-refractivity contribution < 1.29 is 18.8 Å². The minimum absolute atomic E-state index is 0.0253. The van der Waals surface area contributed by atoms with Gasteiger partial charge in [0.05, 0.1) is 5.69 Å². The van der Waals surface area contributed by atoms with Crippen molar-refractivity contribution in [3.05, 3.63) is 88.5 Å². The summed E-state index contributed by atoms with van der Waals surface area (Å²) in [4.78, 5) is 37.9. The molecule has 3 aromatic rings. The van der Waals surface area contributed by atoms with Gasteiger partial charge in [-0.3, -0.25) is 9.59 Å². The lowest BCUT2D eigenvalue weighted by molar-refractivity contribution is -0.127. The molecular formula is C22H16BrFN4O3. The van der Waals surface area contributed by atoms with Crippen molar-refractivity contribution in [3.63, 3.8) is 0 Å². The maximum Gasteiger partial charge on any atom is 0.329 e. The molecule has 1 aliphatic rings. The Kier molecular flexibility index (Phi) is 5.68. The van der Waals surface area contributed by atoms with Crippen LogP contribution in [-0.4, -0.2) is 33.9 Å². The van der Waals surface area contributed by atoms with Crippen LogP contribution in [0.15, 0.2) is 77.0 Å². The largest absolute Gasteiger partial charge is 0.329 e. The van der Waals surface area contributed by atoms with Crippen molar-refractivity contribution in [2.75, 3.05) is 11.9 Å². The van der Waals surface area contributed by atoms with E-state index in [0.717, 1.165) is 15.1 Å². The Morgan fingerprint density at radius 3 is 2.55 bits per heavy atom. The van der Waals surface area contributed by atoms with Crippen LogP contribution in [0.4, 0.5) is 14.9 Å². The number of carbonyl (C=O) groups is 3. The predicted octanol–water partition coefficient (Wildman–Crippen LogP) is 3.91. The molecule has 1 aliphatic heterocycles. The van der Waals surface area contributed by atoms with Gasteiger partial charge >= 0.3 is 6.03 Å². The summed E-state index contributed by atoms with van der Waals surface area (Å²) in [5.74, 6) is -1.94. The first-order valence-electron chi connectivity index (χ1n) is 9.24. The van der Waals surface area contributed by atoms with Crippen LogP contribution < -0.4 is 10.6 Å². The van der Waals surface area contributed by atoms with E-state index in [-0.39, 0.29) is 11.4 Å². The number of nitrogens with one attached hydrogen (secondary N) is 2. The number of para-hydroxylation sites is 1. The molecular weight excluding hydrogens is 467 g/mol. The maximum atomic E-state index is 13.7. The van der Waals surface area contributed by atoms with Gasteiger partial charge in [-0.05, 0) is 54.6 Å². The van der Waals surface area contributed by atoms with Crippen molar-refractivity contribution in [1.82, 2.24) is 14.8 Å². The third-order valence-electron chi connectivity index (χ3n) is 4.59. The number of nitrogens with zero attached hydrogens (tertiary/aromatic N) is 2. The summed E-state index contributed by atoms with van der Waals surface area (Å²) < 4.78 is 16.5. The quantitative estimate of drug-likeness (QED) is 0.427. The Morgan fingerprint density at radius 2 is 1.81 bits per heavy atom. The molecule has 0 unspecified atom stereocenters. The highest BCUT2D eigenvalue weighted by molar-refractivity contribution is 9.10. The standard InChI is InChI=1S/C22H16BrFN4O3/c23-14-7-9-15(10-8-14)27-11-3-4-16(27)12-19-21(30)28(22(31)26-19)13-20(29)25-18-6-2-1-5-17(18)24/h1-12H,13H2,(H,25,29)(H,26,31)/b19-12+. The number of anilines is 1. The average Bonchev–Trinajstić information content (AvgIpc) is 3.30. The van der Waals surface area contributed by atoms with Gasteiger partial charge in [0.25, 0.3) is 5.91 Å². The van der Waals surface area contributed by atoms with E-state index in [0.29, 0.717) is 5.69 Å². The lowest BCUT2D eigenvalue weighted by atomic mass is 10.2. The van der Waals surface area contributed by atoms with Gasteiger partial charge in [0, 0.05) is 22.1 Å². The highest BCUT2D eigenvalue weighted by Crippen LogP contribution is 2.20. The molecule has 0 spiro atoms. The van der Waals surface area contributed by atoms with Crippen LogP contribution in [0.1, 0.15) is 5.69 Å². The van der Waals surface area contributed by atoms with E-state index >= 15 is 0 Å². The van der Waals surface area contributed by atoms with Crippen LogP contribution in [0.5, 0.6) is 0 Å². The fourth-order valence-electron chi connectivity index (χ4n) is 3.11. The first kappa shape index (κ1) is 20.5. The Morgan fingerprint density at radius 1 is 1.06 bits per heavy atom. The van der Waals surface area contributed by atoms with Gasteiger partial charge in [-0.25, -0.2) is 14.1 Å². The SMILES string of the molecule is O=C(CN1C(=O)N/C(=C/c2cccn2-c2ccc(Br)cc2)C1=O)Nc1ccccc1F. The molecule has 4 amide bonds. The molecule has 9 heteroatoms. The number of urea groups is 1. The first-order valence-corrected chi connectivity index (χ1v) is 10.0. The second-order valence-corrected chi connectivity index (χ2v) is 7.60. The van der Waals surface area contributed by atoms with Gasteiger partial charge in [-0.1, -0.05) is 28.1 Å². The lowest BCUT2D eigenvalue weighted by Crippen LogP contribution is -2.38. The van der Waals surface area contributed by atoms with E-state index in [1.54, 1.807) is 12.1 Å². The molecule has 4 rings (SSSR count). The monoisotopic (exact) mass is 482 g/mol. The summed E-state index contributed by atoms with van der Waals surface area (Å²) in [7, 11) is 0. The van der Waals surface area contributed by atoms with Crippen molar-refractivity contribution in [3.8, 4) is 5.69 Å². The van der Waals surface area contributed by atoms with Crippen LogP contribution in [0.25, 0.3) is 11.8 Å². The van der Waals surface area contributed by atoms with E-state index in [1.807, 2.05) is 41.1 Å². The summed E-state index contributed by atoms with van der Waals surface area (Å²) in [6.45, 7) is -0.538. The molecule has 2 N–H and O–H groups in total. The van der Waals surface area contributed by atoms with Crippen LogP contribution in [-0.2, 0) is 9.59 Å². The molecule has 1 saturated heterocycles. The molecule has 7 nitrogen and oxygen atoms in total. The highest BCUT2D eigenvalue weighted by Gasteiger charge is 2.35. The van der Waals surface area contributed by atoms with Crippen molar-refractivity contribution in [1.29, 1.82) is 0 Å². The molecule has 31 heavy (non-hydrogen) atoms.